The molecule has 1 aliphatic rings. The zero-order valence-electron chi connectivity index (χ0n) is 11.4. The van der Waals surface area contributed by atoms with Gasteiger partial charge >= 0.3 is 6.03 Å². The zero-order chi connectivity index (χ0) is 13.6. The Labute approximate surface area is 108 Å². The summed E-state index contributed by atoms with van der Waals surface area (Å²) in [6.45, 7) is 8.67. The average molecular weight is 247 g/mol. The van der Waals surface area contributed by atoms with E-state index in [0.717, 1.165) is 5.69 Å². The highest BCUT2D eigenvalue weighted by Gasteiger charge is 2.65. The zero-order valence-corrected chi connectivity index (χ0v) is 11.4. The molecule has 1 aromatic rings. The van der Waals surface area contributed by atoms with E-state index in [1.54, 1.807) is 24.3 Å². The molecular weight excluding hydrogens is 226 g/mol. The van der Waals surface area contributed by atoms with Gasteiger partial charge in [-0.1, -0.05) is 27.7 Å². The van der Waals surface area contributed by atoms with Crippen molar-refractivity contribution in [1.29, 1.82) is 0 Å². The van der Waals surface area contributed by atoms with Crippen molar-refractivity contribution >= 4 is 17.4 Å². The predicted molar refractivity (Wildman–Crippen MR) is 74.4 cm³/mol. The molecule has 1 aliphatic carbocycles. The normalized spacial score (nSPS) is 20.2. The molecule has 0 atom stereocenters. The second kappa shape index (κ2) is 3.90. The first-order valence-electron chi connectivity index (χ1n) is 6.18. The lowest BCUT2D eigenvalue weighted by molar-refractivity contribution is 0.250. The number of anilines is 2. The Hall–Kier alpha value is -1.71. The van der Waals surface area contributed by atoms with Gasteiger partial charge in [0.2, 0.25) is 0 Å². The molecular formula is C14H21N3O. The summed E-state index contributed by atoms with van der Waals surface area (Å²) in [6.07, 6.45) is 0. The van der Waals surface area contributed by atoms with E-state index in [4.69, 9.17) is 5.73 Å². The summed E-state index contributed by atoms with van der Waals surface area (Å²) in [5.41, 5.74) is 7.31. The highest BCUT2D eigenvalue weighted by Crippen LogP contribution is 2.62. The predicted octanol–water partition coefficient (Wildman–Crippen LogP) is 2.82. The summed E-state index contributed by atoms with van der Waals surface area (Å²) in [5.74, 6) is 0. The Kier molecular flexibility index (Phi) is 2.76. The smallest absolute Gasteiger partial charge is 0.319 e. The van der Waals surface area contributed by atoms with Gasteiger partial charge in [-0.2, -0.15) is 0 Å². The number of urea groups is 1. The second-order valence-electron chi connectivity index (χ2n) is 6.10. The van der Waals surface area contributed by atoms with Gasteiger partial charge in [0.1, 0.15) is 0 Å². The maximum Gasteiger partial charge on any atom is 0.319 e. The number of nitrogens with two attached hydrogens (primary N) is 1. The fraction of sp³-hybridized carbons (Fsp3) is 0.500. The first-order chi connectivity index (χ1) is 8.25. The number of benzene rings is 1. The van der Waals surface area contributed by atoms with Crippen LogP contribution in [0.1, 0.15) is 27.7 Å². The van der Waals surface area contributed by atoms with Crippen LogP contribution in [0.4, 0.5) is 16.2 Å². The van der Waals surface area contributed by atoms with Gasteiger partial charge in [-0.15, -0.1) is 0 Å². The summed E-state index contributed by atoms with van der Waals surface area (Å²) in [4.78, 5) is 11.9. The van der Waals surface area contributed by atoms with Crippen molar-refractivity contribution in [3.63, 3.8) is 0 Å². The van der Waals surface area contributed by atoms with Crippen LogP contribution in [0.25, 0.3) is 0 Å². The van der Waals surface area contributed by atoms with Crippen LogP contribution in [0, 0.1) is 10.8 Å². The van der Waals surface area contributed by atoms with Gasteiger partial charge in [0, 0.05) is 17.4 Å². The van der Waals surface area contributed by atoms with Gasteiger partial charge in [0.15, 0.2) is 0 Å². The quantitative estimate of drug-likeness (QED) is 0.703. The van der Waals surface area contributed by atoms with E-state index in [2.05, 4.69) is 38.3 Å². The highest BCUT2D eigenvalue weighted by molar-refractivity contribution is 5.90. The van der Waals surface area contributed by atoms with Crippen LogP contribution in [0.2, 0.25) is 0 Å². The van der Waals surface area contributed by atoms with E-state index < -0.39 is 0 Å². The third-order valence-electron chi connectivity index (χ3n) is 4.46. The third kappa shape index (κ3) is 2.03. The molecule has 0 radical (unpaired) electrons. The highest BCUT2D eigenvalue weighted by atomic mass is 16.2. The summed E-state index contributed by atoms with van der Waals surface area (Å²) < 4.78 is 0. The monoisotopic (exact) mass is 247 g/mol. The second-order valence-corrected chi connectivity index (χ2v) is 6.10. The fourth-order valence-electron chi connectivity index (χ4n) is 2.42. The molecule has 0 unspecified atom stereocenters. The number of carbonyl (C=O) groups excluding carboxylic acids is 1. The molecule has 0 bridgehead atoms. The van der Waals surface area contributed by atoms with E-state index in [1.165, 1.54) is 0 Å². The molecule has 4 N–H and O–H groups in total. The average Bonchev–Trinajstić information content (AvgIpc) is 2.64. The van der Waals surface area contributed by atoms with Crippen LogP contribution in [-0.4, -0.2) is 12.1 Å². The minimum absolute atomic E-state index is 0.144. The van der Waals surface area contributed by atoms with Gasteiger partial charge in [0.25, 0.3) is 0 Å². The number of hydrogen-bond acceptors (Lipinski definition) is 2. The number of hydrogen-bond donors (Lipinski definition) is 3. The Morgan fingerprint density at radius 1 is 1.11 bits per heavy atom. The van der Waals surface area contributed by atoms with Crippen molar-refractivity contribution in [2.45, 2.75) is 33.7 Å². The lowest BCUT2D eigenvalue weighted by atomic mass is 10.0. The molecule has 98 valence electrons. The van der Waals surface area contributed by atoms with Gasteiger partial charge in [-0.3, -0.25) is 0 Å². The summed E-state index contributed by atoms with van der Waals surface area (Å²) in [6, 6.07) is 7.15. The van der Waals surface area contributed by atoms with E-state index in [9.17, 15) is 4.79 Å². The molecule has 1 saturated carbocycles. The number of nitrogens with one attached hydrogen (secondary N) is 2. The summed E-state index contributed by atoms with van der Waals surface area (Å²) >= 11 is 0. The molecule has 0 aliphatic heterocycles. The number of amides is 2. The molecule has 2 amide bonds. The van der Waals surface area contributed by atoms with Crippen LogP contribution < -0.4 is 16.4 Å². The van der Waals surface area contributed by atoms with Crippen LogP contribution in [0.3, 0.4) is 0 Å². The number of carbonyl (C=O) groups is 1. The van der Waals surface area contributed by atoms with Gasteiger partial charge < -0.3 is 16.4 Å². The Bertz CT molecular complexity index is 448. The van der Waals surface area contributed by atoms with E-state index >= 15 is 0 Å². The largest absolute Gasteiger partial charge is 0.399 e. The lowest BCUT2D eigenvalue weighted by Crippen LogP contribution is -2.33. The van der Waals surface area contributed by atoms with E-state index in [1.807, 2.05) is 0 Å². The molecule has 2 rings (SSSR count). The lowest BCUT2D eigenvalue weighted by Gasteiger charge is -2.09. The molecule has 0 heterocycles. The van der Waals surface area contributed by atoms with Crippen LogP contribution >= 0.6 is 0 Å². The standard InChI is InChI=1S/C14H21N3O/c1-13(2)11(14(13,3)4)17-12(18)16-10-7-5-9(15)6-8-10/h5-8,11H,15H2,1-4H3,(H2,16,17,18). The number of nitrogen functional groups attached to an aromatic ring is 1. The molecule has 1 aromatic carbocycles. The Balaban J connectivity index is 1.93. The summed E-state index contributed by atoms with van der Waals surface area (Å²) in [5, 5.41) is 5.83. The molecule has 0 saturated heterocycles. The van der Waals surface area contributed by atoms with Crippen molar-refractivity contribution in [2.24, 2.45) is 10.8 Å². The minimum atomic E-state index is -0.163. The van der Waals surface area contributed by atoms with Crippen molar-refractivity contribution in [3.05, 3.63) is 24.3 Å². The van der Waals surface area contributed by atoms with Gasteiger partial charge in [-0.25, -0.2) is 4.79 Å². The van der Waals surface area contributed by atoms with Crippen LogP contribution in [0.15, 0.2) is 24.3 Å². The Morgan fingerprint density at radius 2 is 1.61 bits per heavy atom. The van der Waals surface area contributed by atoms with Crippen LogP contribution in [-0.2, 0) is 0 Å². The molecule has 0 aromatic heterocycles. The number of rotatable bonds is 2. The van der Waals surface area contributed by atoms with Gasteiger partial charge in [-0.05, 0) is 35.1 Å². The van der Waals surface area contributed by atoms with Crippen molar-refractivity contribution in [1.82, 2.24) is 5.32 Å². The maximum absolute atomic E-state index is 11.9. The SMILES string of the molecule is CC1(C)C(NC(=O)Nc2ccc(N)cc2)C1(C)C. The molecule has 4 nitrogen and oxygen atoms in total. The molecule has 1 fully saturated rings. The van der Waals surface area contributed by atoms with Crippen LogP contribution in [0.5, 0.6) is 0 Å². The minimum Gasteiger partial charge on any atom is -0.399 e. The molecule has 0 spiro atoms. The van der Waals surface area contributed by atoms with Crippen molar-refractivity contribution in [3.8, 4) is 0 Å². The molecule has 4 heteroatoms. The Morgan fingerprint density at radius 3 is 2.06 bits per heavy atom. The van der Waals surface area contributed by atoms with Gasteiger partial charge in [0.05, 0.1) is 0 Å². The first-order valence-corrected chi connectivity index (χ1v) is 6.18. The topological polar surface area (TPSA) is 67.2 Å². The summed E-state index contributed by atoms with van der Waals surface area (Å²) in [7, 11) is 0. The molecule has 18 heavy (non-hydrogen) atoms. The van der Waals surface area contributed by atoms with E-state index in [-0.39, 0.29) is 22.9 Å². The fourth-order valence-corrected chi connectivity index (χ4v) is 2.42. The van der Waals surface area contributed by atoms with Crippen molar-refractivity contribution < 1.29 is 4.79 Å². The first kappa shape index (κ1) is 12.7. The third-order valence-corrected chi connectivity index (χ3v) is 4.46. The van der Waals surface area contributed by atoms with Crippen molar-refractivity contribution in [2.75, 3.05) is 11.1 Å². The van der Waals surface area contributed by atoms with E-state index in [0.29, 0.717) is 5.69 Å². The maximum atomic E-state index is 11.9.